The number of hydrogen-bond acceptors (Lipinski definition) is 1. The van der Waals surface area contributed by atoms with Gasteiger partial charge in [0.25, 0.3) is 5.91 Å². The molecule has 0 aliphatic rings. The highest BCUT2D eigenvalue weighted by Crippen LogP contribution is 2.17. The summed E-state index contributed by atoms with van der Waals surface area (Å²) in [6.07, 6.45) is 7.38. The predicted molar refractivity (Wildman–Crippen MR) is 89.9 cm³/mol. The molecule has 1 aromatic carbocycles. The van der Waals surface area contributed by atoms with Gasteiger partial charge in [0.2, 0.25) is 0 Å². The lowest BCUT2D eigenvalue weighted by molar-refractivity contribution is 0.0952. The van der Waals surface area contributed by atoms with Crippen molar-refractivity contribution < 1.29 is 4.79 Å². The van der Waals surface area contributed by atoms with Crippen LogP contribution in [0.2, 0.25) is 5.02 Å². The highest BCUT2D eigenvalue weighted by molar-refractivity contribution is 14.1. The van der Waals surface area contributed by atoms with Crippen LogP contribution < -0.4 is 5.32 Å². The number of hydrogen-bond donors (Lipinski definition) is 1. The van der Waals surface area contributed by atoms with Crippen molar-refractivity contribution in [2.75, 3.05) is 6.54 Å². The average molecular weight is 394 g/mol. The Labute approximate surface area is 134 Å². The maximum absolute atomic E-state index is 12.0. The lowest BCUT2D eigenvalue weighted by Gasteiger charge is -2.07. The highest BCUT2D eigenvalue weighted by atomic mass is 127. The van der Waals surface area contributed by atoms with Crippen molar-refractivity contribution in [1.29, 1.82) is 0 Å². The van der Waals surface area contributed by atoms with E-state index < -0.39 is 0 Å². The Bertz CT molecular complexity index is 409. The fourth-order valence-electron chi connectivity index (χ4n) is 1.87. The Kier molecular flexibility index (Phi) is 8.46. The molecule has 1 aromatic rings. The number of carbonyl (C=O) groups is 1. The van der Waals surface area contributed by atoms with Crippen LogP contribution in [0.5, 0.6) is 0 Å². The second kappa shape index (κ2) is 9.59. The standard InChI is InChI=1S/C15H21ClINO/c1-2-3-4-5-6-7-10-18-15(19)13-11-12(16)8-9-14(13)17/h8-9,11H,2-7,10H2,1H3,(H,18,19). The first-order chi connectivity index (χ1) is 9.15. The lowest BCUT2D eigenvalue weighted by atomic mass is 10.1. The van der Waals surface area contributed by atoms with E-state index in [0.717, 1.165) is 16.5 Å². The van der Waals surface area contributed by atoms with E-state index in [9.17, 15) is 4.79 Å². The van der Waals surface area contributed by atoms with Gasteiger partial charge in [-0.2, -0.15) is 0 Å². The van der Waals surface area contributed by atoms with Gasteiger partial charge in [0.05, 0.1) is 5.56 Å². The minimum Gasteiger partial charge on any atom is -0.352 e. The van der Waals surface area contributed by atoms with Crippen LogP contribution in [0.1, 0.15) is 55.8 Å². The van der Waals surface area contributed by atoms with Gasteiger partial charge in [-0.05, 0) is 47.2 Å². The predicted octanol–water partition coefficient (Wildman–Crippen LogP) is 5.03. The second-order valence-corrected chi connectivity index (χ2v) is 6.25. The molecule has 4 heteroatoms. The minimum absolute atomic E-state index is 0.0274. The molecule has 0 atom stereocenters. The van der Waals surface area contributed by atoms with Crippen LogP contribution >= 0.6 is 34.2 Å². The Morgan fingerprint density at radius 2 is 1.89 bits per heavy atom. The fourth-order valence-corrected chi connectivity index (χ4v) is 2.63. The summed E-state index contributed by atoms with van der Waals surface area (Å²) in [7, 11) is 0. The maximum Gasteiger partial charge on any atom is 0.252 e. The molecule has 0 saturated carbocycles. The first kappa shape index (κ1) is 16.8. The van der Waals surface area contributed by atoms with E-state index >= 15 is 0 Å². The van der Waals surface area contributed by atoms with Crippen LogP contribution in [0.25, 0.3) is 0 Å². The quantitative estimate of drug-likeness (QED) is 0.487. The Morgan fingerprint density at radius 3 is 2.63 bits per heavy atom. The van der Waals surface area contributed by atoms with Gasteiger partial charge >= 0.3 is 0 Å². The van der Waals surface area contributed by atoms with E-state index in [2.05, 4.69) is 34.8 Å². The molecule has 0 bridgehead atoms. The molecule has 2 nitrogen and oxygen atoms in total. The molecule has 1 rings (SSSR count). The van der Waals surface area contributed by atoms with Crippen molar-refractivity contribution >= 4 is 40.1 Å². The number of amides is 1. The zero-order chi connectivity index (χ0) is 14.1. The third-order valence-corrected chi connectivity index (χ3v) is 4.16. The molecule has 0 aliphatic heterocycles. The van der Waals surface area contributed by atoms with Gasteiger partial charge < -0.3 is 5.32 Å². The monoisotopic (exact) mass is 393 g/mol. The number of unbranched alkanes of at least 4 members (excludes halogenated alkanes) is 5. The average Bonchev–Trinajstić information content (AvgIpc) is 2.40. The SMILES string of the molecule is CCCCCCCCNC(=O)c1cc(Cl)ccc1I. The van der Waals surface area contributed by atoms with Crippen molar-refractivity contribution in [3.05, 3.63) is 32.4 Å². The minimum atomic E-state index is -0.0274. The topological polar surface area (TPSA) is 29.1 Å². The van der Waals surface area contributed by atoms with Crippen molar-refractivity contribution in [3.63, 3.8) is 0 Å². The summed E-state index contributed by atoms with van der Waals surface area (Å²) in [6, 6.07) is 5.39. The molecule has 1 amide bonds. The molecule has 106 valence electrons. The number of rotatable bonds is 8. The molecule has 0 saturated heterocycles. The zero-order valence-corrected chi connectivity index (χ0v) is 14.3. The van der Waals surface area contributed by atoms with E-state index in [-0.39, 0.29) is 5.91 Å². The molecule has 19 heavy (non-hydrogen) atoms. The molecule has 0 radical (unpaired) electrons. The highest BCUT2D eigenvalue weighted by Gasteiger charge is 2.09. The van der Waals surface area contributed by atoms with Crippen LogP contribution in [-0.4, -0.2) is 12.5 Å². The molecule has 0 aromatic heterocycles. The summed E-state index contributed by atoms with van der Waals surface area (Å²) in [6.45, 7) is 2.96. The van der Waals surface area contributed by atoms with Crippen LogP contribution in [0, 0.1) is 3.57 Å². The van der Waals surface area contributed by atoms with Crippen LogP contribution in [0.15, 0.2) is 18.2 Å². The zero-order valence-electron chi connectivity index (χ0n) is 11.3. The summed E-state index contributed by atoms with van der Waals surface area (Å²) in [5, 5.41) is 3.56. The molecule has 0 fully saturated rings. The first-order valence-electron chi connectivity index (χ1n) is 6.88. The summed E-state index contributed by atoms with van der Waals surface area (Å²) >= 11 is 8.07. The number of benzene rings is 1. The molecule has 0 heterocycles. The van der Waals surface area contributed by atoms with E-state index in [1.807, 2.05) is 6.07 Å². The van der Waals surface area contributed by atoms with Gasteiger partial charge in [0, 0.05) is 15.1 Å². The van der Waals surface area contributed by atoms with E-state index in [1.54, 1.807) is 12.1 Å². The number of halogens is 2. The molecular formula is C15H21ClINO. The number of carbonyl (C=O) groups excluding carboxylic acids is 1. The van der Waals surface area contributed by atoms with Gasteiger partial charge in [0.15, 0.2) is 0 Å². The largest absolute Gasteiger partial charge is 0.352 e. The maximum atomic E-state index is 12.0. The normalized spacial score (nSPS) is 10.5. The molecule has 0 aliphatic carbocycles. The fraction of sp³-hybridized carbons (Fsp3) is 0.533. The van der Waals surface area contributed by atoms with Crippen LogP contribution in [-0.2, 0) is 0 Å². The van der Waals surface area contributed by atoms with E-state index in [1.165, 1.54) is 32.1 Å². The Morgan fingerprint density at radius 1 is 1.21 bits per heavy atom. The molecule has 0 spiro atoms. The second-order valence-electron chi connectivity index (χ2n) is 4.65. The van der Waals surface area contributed by atoms with Crippen molar-refractivity contribution in [2.45, 2.75) is 45.4 Å². The third kappa shape index (κ3) is 6.61. The van der Waals surface area contributed by atoms with Gasteiger partial charge in [-0.15, -0.1) is 0 Å². The van der Waals surface area contributed by atoms with Crippen LogP contribution in [0.3, 0.4) is 0 Å². The molecular weight excluding hydrogens is 373 g/mol. The third-order valence-electron chi connectivity index (χ3n) is 2.99. The van der Waals surface area contributed by atoms with Crippen molar-refractivity contribution in [1.82, 2.24) is 5.32 Å². The summed E-state index contributed by atoms with van der Waals surface area (Å²) in [5.41, 5.74) is 0.666. The molecule has 1 N–H and O–H groups in total. The lowest BCUT2D eigenvalue weighted by Crippen LogP contribution is -2.25. The summed E-state index contributed by atoms with van der Waals surface area (Å²) in [5.74, 6) is -0.0274. The number of nitrogens with one attached hydrogen (secondary N) is 1. The summed E-state index contributed by atoms with van der Waals surface area (Å²) in [4.78, 5) is 12.0. The van der Waals surface area contributed by atoms with Crippen molar-refractivity contribution in [2.24, 2.45) is 0 Å². The van der Waals surface area contributed by atoms with Gasteiger partial charge in [0.1, 0.15) is 0 Å². The van der Waals surface area contributed by atoms with Crippen molar-refractivity contribution in [3.8, 4) is 0 Å². The van der Waals surface area contributed by atoms with Crippen LogP contribution in [0.4, 0.5) is 0 Å². The Hall–Kier alpha value is -0.290. The van der Waals surface area contributed by atoms with Gasteiger partial charge in [-0.25, -0.2) is 0 Å². The van der Waals surface area contributed by atoms with E-state index in [0.29, 0.717) is 10.6 Å². The Balaban J connectivity index is 2.26. The molecule has 0 unspecified atom stereocenters. The van der Waals surface area contributed by atoms with Gasteiger partial charge in [-0.3, -0.25) is 4.79 Å². The summed E-state index contributed by atoms with van der Waals surface area (Å²) < 4.78 is 0.933. The van der Waals surface area contributed by atoms with Gasteiger partial charge in [-0.1, -0.05) is 50.6 Å². The van der Waals surface area contributed by atoms with E-state index in [4.69, 9.17) is 11.6 Å². The smallest absolute Gasteiger partial charge is 0.252 e. The first-order valence-corrected chi connectivity index (χ1v) is 8.34.